The van der Waals surface area contributed by atoms with E-state index < -0.39 is 22.8 Å². The highest BCUT2D eigenvalue weighted by Crippen LogP contribution is 2.55. The third kappa shape index (κ3) is 3.50. The number of fused-ring (bicyclic) bond motifs is 5. The topological polar surface area (TPSA) is 101 Å². The number of amides is 2. The highest BCUT2D eigenvalue weighted by Gasteiger charge is 2.66. The molecular formula is C32H22ClN3O5S. The van der Waals surface area contributed by atoms with Crippen molar-refractivity contribution in [2.45, 2.75) is 32.9 Å². The average molecular weight is 596 g/mol. The number of ketones is 1. The summed E-state index contributed by atoms with van der Waals surface area (Å²) in [4.78, 5) is 63.9. The number of hydrogen-bond donors (Lipinski definition) is 0. The number of carbonyl (C=O) groups excluding carboxylic acids is 3. The third-order valence-corrected chi connectivity index (χ3v) is 9.33. The molecule has 2 aromatic heterocycles. The van der Waals surface area contributed by atoms with E-state index in [-0.39, 0.29) is 39.8 Å². The van der Waals surface area contributed by atoms with Crippen molar-refractivity contribution in [3.63, 3.8) is 0 Å². The molecule has 0 aliphatic carbocycles. The van der Waals surface area contributed by atoms with Crippen molar-refractivity contribution in [2.75, 3.05) is 9.80 Å². The number of benzene rings is 3. The van der Waals surface area contributed by atoms with Crippen LogP contribution in [0.25, 0.3) is 11.0 Å². The van der Waals surface area contributed by atoms with Crippen LogP contribution in [-0.4, -0.2) is 22.6 Å². The fourth-order valence-corrected chi connectivity index (χ4v) is 7.15. The molecule has 1 unspecified atom stereocenters. The van der Waals surface area contributed by atoms with E-state index in [4.69, 9.17) is 16.0 Å². The van der Waals surface area contributed by atoms with Crippen LogP contribution in [0.3, 0.4) is 0 Å². The van der Waals surface area contributed by atoms with Gasteiger partial charge in [-0.05, 0) is 49.7 Å². The molecule has 0 N–H and O–H groups in total. The van der Waals surface area contributed by atoms with E-state index in [0.29, 0.717) is 26.8 Å². The summed E-state index contributed by atoms with van der Waals surface area (Å²) in [6, 6.07) is 19.4. The number of aromatic nitrogens is 1. The maximum Gasteiger partial charge on any atom is 0.297 e. The zero-order valence-electron chi connectivity index (χ0n) is 22.7. The minimum atomic E-state index is -1.90. The van der Waals surface area contributed by atoms with Crippen LogP contribution in [0.2, 0.25) is 5.02 Å². The van der Waals surface area contributed by atoms with Gasteiger partial charge in [-0.1, -0.05) is 64.9 Å². The first-order valence-electron chi connectivity index (χ1n) is 13.2. The first-order chi connectivity index (χ1) is 20.1. The molecule has 5 aromatic rings. The number of carbonyl (C=O) groups is 3. The Bertz CT molecular complexity index is 2070. The van der Waals surface area contributed by atoms with Gasteiger partial charge in [-0.15, -0.1) is 0 Å². The Labute approximate surface area is 248 Å². The number of hydrogen-bond acceptors (Lipinski definition) is 7. The molecule has 1 spiro atoms. The predicted molar refractivity (Wildman–Crippen MR) is 161 cm³/mol. The molecule has 0 bridgehead atoms. The number of thiazole rings is 1. The lowest BCUT2D eigenvalue weighted by atomic mass is 9.84. The Morgan fingerprint density at radius 1 is 1.02 bits per heavy atom. The van der Waals surface area contributed by atoms with Crippen molar-refractivity contribution in [3.8, 4) is 0 Å². The number of aryl methyl sites for hydroxylation is 2. The molecule has 2 aliphatic rings. The second kappa shape index (κ2) is 9.20. The summed E-state index contributed by atoms with van der Waals surface area (Å²) in [6.07, 6.45) is 0. The first kappa shape index (κ1) is 26.3. The van der Waals surface area contributed by atoms with Gasteiger partial charge < -0.3 is 9.32 Å². The molecule has 2 aliphatic heterocycles. The molecule has 10 heteroatoms. The summed E-state index contributed by atoms with van der Waals surface area (Å²) in [5, 5.41) is 0.958. The lowest BCUT2D eigenvalue weighted by Crippen LogP contribution is -2.53. The third-order valence-electron chi connectivity index (χ3n) is 7.83. The molecule has 0 radical (unpaired) electrons. The van der Waals surface area contributed by atoms with Gasteiger partial charge in [0.25, 0.3) is 11.8 Å². The van der Waals surface area contributed by atoms with E-state index in [1.807, 2.05) is 19.1 Å². The summed E-state index contributed by atoms with van der Waals surface area (Å²) in [5.74, 6) is -1.61. The summed E-state index contributed by atoms with van der Waals surface area (Å²) < 4.78 is 6.14. The van der Waals surface area contributed by atoms with Crippen LogP contribution in [0.15, 0.2) is 75.9 Å². The van der Waals surface area contributed by atoms with Crippen molar-refractivity contribution in [2.24, 2.45) is 0 Å². The van der Waals surface area contributed by atoms with E-state index in [1.165, 1.54) is 11.8 Å². The van der Waals surface area contributed by atoms with Crippen LogP contribution in [0, 0.1) is 13.8 Å². The van der Waals surface area contributed by atoms with Gasteiger partial charge in [-0.3, -0.25) is 24.1 Å². The second-order valence-corrected chi connectivity index (χ2v) is 11.9. The summed E-state index contributed by atoms with van der Waals surface area (Å²) in [7, 11) is 0. The second-order valence-electron chi connectivity index (χ2n) is 10.5. The molecule has 208 valence electrons. The van der Waals surface area contributed by atoms with E-state index in [0.717, 1.165) is 22.5 Å². The van der Waals surface area contributed by atoms with Crippen LogP contribution < -0.4 is 15.2 Å². The van der Waals surface area contributed by atoms with Crippen LogP contribution in [0.1, 0.15) is 55.1 Å². The van der Waals surface area contributed by atoms with Gasteiger partial charge in [-0.25, -0.2) is 4.98 Å². The molecular weight excluding hydrogens is 574 g/mol. The van der Waals surface area contributed by atoms with Gasteiger partial charge >= 0.3 is 0 Å². The SMILES string of the molecule is CC(=O)c1sc(N2C(=O)c3oc4ccc(C)cc4c(=O)c3C23C(=O)N(Cc2ccc(Cl)cc2)c2ccccc23)nc1C. The fourth-order valence-electron chi connectivity index (χ4n) is 6.01. The minimum Gasteiger partial charge on any atom is -0.450 e. The molecule has 0 saturated heterocycles. The number of halogens is 1. The van der Waals surface area contributed by atoms with E-state index in [2.05, 4.69) is 4.98 Å². The molecule has 8 nitrogen and oxygen atoms in total. The molecule has 1 atom stereocenters. The van der Waals surface area contributed by atoms with E-state index in [1.54, 1.807) is 66.4 Å². The van der Waals surface area contributed by atoms with Gasteiger partial charge in [-0.2, -0.15) is 0 Å². The zero-order valence-corrected chi connectivity index (χ0v) is 24.3. The molecule has 42 heavy (non-hydrogen) atoms. The average Bonchev–Trinajstić information content (AvgIpc) is 3.55. The van der Waals surface area contributed by atoms with Gasteiger partial charge in [0.2, 0.25) is 5.76 Å². The first-order valence-corrected chi connectivity index (χ1v) is 14.4. The van der Waals surface area contributed by atoms with Crippen LogP contribution in [0.5, 0.6) is 0 Å². The minimum absolute atomic E-state index is 0.0566. The molecule has 0 saturated carbocycles. The monoisotopic (exact) mass is 595 g/mol. The molecule has 0 fully saturated rings. The maximum absolute atomic E-state index is 15.0. The Morgan fingerprint density at radius 3 is 2.48 bits per heavy atom. The standard InChI is InChI=1S/C32H22ClN3O5S/c1-16-8-13-24-21(14-16)26(38)25-27(41-24)29(39)36(31-34-17(2)28(42-31)18(3)37)32(25)22-6-4-5-7-23(22)35(30(32)40)15-19-9-11-20(33)12-10-19/h4-14H,15H2,1-3H3. The highest BCUT2D eigenvalue weighted by molar-refractivity contribution is 7.17. The summed E-state index contributed by atoms with van der Waals surface area (Å²) in [5.41, 5.74) is 0.881. The predicted octanol–water partition coefficient (Wildman–Crippen LogP) is 6.17. The molecule has 7 rings (SSSR count). The Balaban J connectivity index is 1.56. The number of para-hydroxylation sites is 1. The highest BCUT2D eigenvalue weighted by atomic mass is 35.5. The quantitative estimate of drug-likeness (QED) is 0.230. The normalized spacial score (nSPS) is 17.4. The van der Waals surface area contributed by atoms with E-state index >= 15 is 0 Å². The number of rotatable bonds is 4. The lowest BCUT2D eigenvalue weighted by molar-refractivity contribution is -0.121. The van der Waals surface area contributed by atoms with Crippen molar-refractivity contribution >= 4 is 62.3 Å². The van der Waals surface area contributed by atoms with Crippen molar-refractivity contribution in [1.29, 1.82) is 0 Å². The molecule has 3 aromatic carbocycles. The number of nitrogens with zero attached hydrogens (tertiary/aromatic N) is 3. The Morgan fingerprint density at radius 2 is 1.76 bits per heavy atom. The van der Waals surface area contributed by atoms with Gasteiger partial charge in [0.05, 0.1) is 33.8 Å². The van der Waals surface area contributed by atoms with Crippen molar-refractivity contribution < 1.29 is 18.8 Å². The van der Waals surface area contributed by atoms with Crippen LogP contribution in [-0.2, 0) is 16.9 Å². The van der Waals surface area contributed by atoms with Gasteiger partial charge in [0.15, 0.2) is 21.9 Å². The fraction of sp³-hybridized carbons (Fsp3) is 0.156. The summed E-state index contributed by atoms with van der Waals surface area (Å²) in [6.45, 7) is 5.12. The Hall–Kier alpha value is -4.60. The van der Waals surface area contributed by atoms with Crippen LogP contribution in [0.4, 0.5) is 10.8 Å². The maximum atomic E-state index is 15.0. The zero-order chi connectivity index (χ0) is 29.5. The summed E-state index contributed by atoms with van der Waals surface area (Å²) >= 11 is 7.12. The largest absolute Gasteiger partial charge is 0.450 e. The van der Waals surface area contributed by atoms with Gasteiger partial charge in [0.1, 0.15) is 5.58 Å². The molecule has 4 heterocycles. The number of anilines is 2. The lowest BCUT2D eigenvalue weighted by Gasteiger charge is -2.32. The van der Waals surface area contributed by atoms with Crippen molar-refractivity contribution in [3.05, 3.63) is 121 Å². The van der Waals surface area contributed by atoms with Crippen molar-refractivity contribution in [1.82, 2.24) is 4.98 Å². The smallest absolute Gasteiger partial charge is 0.297 e. The van der Waals surface area contributed by atoms with Gasteiger partial charge in [0, 0.05) is 17.5 Å². The van der Waals surface area contributed by atoms with E-state index in [9.17, 15) is 19.2 Å². The Kier molecular flexibility index (Phi) is 5.77. The number of Topliss-reactive ketones (excluding diaryl/α,β-unsaturated/α-hetero) is 1. The van der Waals surface area contributed by atoms with Crippen LogP contribution >= 0.6 is 22.9 Å². The molecule has 2 amide bonds.